The normalized spacial score (nSPS) is 20.9. The summed E-state index contributed by atoms with van der Waals surface area (Å²) in [5, 5.41) is 12.3. The van der Waals surface area contributed by atoms with Crippen LogP contribution in [0, 0.1) is 5.92 Å². The van der Waals surface area contributed by atoms with Crippen LogP contribution < -0.4 is 10.1 Å². The number of carbonyl (C=O) groups excluding carboxylic acids is 1. The number of aliphatic carboxylic acids is 1. The largest absolute Gasteiger partial charge is 0.491 e. The van der Waals surface area contributed by atoms with E-state index >= 15 is 0 Å². The molecule has 0 bridgehead atoms. The van der Waals surface area contributed by atoms with Crippen LogP contribution in [0.25, 0.3) is 0 Å². The summed E-state index contributed by atoms with van der Waals surface area (Å²) in [6, 6.07) is 6.52. The fraction of sp³-hybridized carbons (Fsp3) is 0.556. The van der Waals surface area contributed by atoms with E-state index in [4.69, 9.17) is 9.47 Å². The van der Waals surface area contributed by atoms with Crippen LogP contribution >= 0.6 is 0 Å². The SMILES string of the molecule is COCCOc1ccc(C(=O)N[C@H]2CCCCC[C@H]2C(=O)O)cc1. The smallest absolute Gasteiger partial charge is 0.308 e. The quantitative estimate of drug-likeness (QED) is 0.591. The number of ether oxygens (including phenoxy) is 2. The van der Waals surface area contributed by atoms with E-state index < -0.39 is 11.9 Å². The molecule has 24 heavy (non-hydrogen) atoms. The number of carboxylic acids is 1. The van der Waals surface area contributed by atoms with Gasteiger partial charge in [-0.2, -0.15) is 0 Å². The van der Waals surface area contributed by atoms with Gasteiger partial charge in [-0.25, -0.2) is 0 Å². The van der Waals surface area contributed by atoms with Crippen LogP contribution in [0.4, 0.5) is 0 Å². The molecule has 6 heteroatoms. The van der Waals surface area contributed by atoms with Gasteiger partial charge in [0, 0.05) is 18.7 Å². The number of benzene rings is 1. The molecule has 1 fully saturated rings. The molecule has 2 rings (SSSR count). The summed E-state index contributed by atoms with van der Waals surface area (Å²) in [7, 11) is 1.61. The number of methoxy groups -OCH3 is 1. The standard InChI is InChI=1S/C18H25NO5/c1-23-11-12-24-14-9-7-13(8-10-14)17(20)19-16-6-4-2-3-5-15(16)18(21)22/h7-10,15-16H,2-6,11-12H2,1H3,(H,19,20)(H,21,22)/t15-,16+/m1/s1. The molecule has 1 aromatic carbocycles. The minimum Gasteiger partial charge on any atom is -0.491 e. The van der Waals surface area contributed by atoms with Crippen molar-refractivity contribution in [2.75, 3.05) is 20.3 Å². The third-order valence-electron chi connectivity index (χ3n) is 4.32. The molecule has 0 unspecified atom stereocenters. The highest BCUT2D eigenvalue weighted by Gasteiger charge is 2.30. The van der Waals surface area contributed by atoms with Crippen molar-refractivity contribution in [3.8, 4) is 5.75 Å². The van der Waals surface area contributed by atoms with Gasteiger partial charge >= 0.3 is 5.97 Å². The molecule has 1 aliphatic carbocycles. The van der Waals surface area contributed by atoms with Gasteiger partial charge in [-0.1, -0.05) is 19.3 Å². The summed E-state index contributed by atoms with van der Waals surface area (Å²) < 4.78 is 10.4. The Hall–Kier alpha value is -2.08. The fourth-order valence-electron chi connectivity index (χ4n) is 2.97. The van der Waals surface area contributed by atoms with Gasteiger partial charge in [0.15, 0.2) is 0 Å². The van der Waals surface area contributed by atoms with Crippen LogP contribution in [0.15, 0.2) is 24.3 Å². The average Bonchev–Trinajstić information content (AvgIpc) is 2.81. The molecule has 1 aromatic rings. The molecule has 2 N–H and O–H groups in total. The second-order valence-electron chi connectivity index (χ2n) is 6.03. The van der Waals surface area contributed by atoms with Crippen LogP contribution in [0.1, 0.15) is 42.5 Å². The van der Waals surface area contributed by atoms with E-state index in [2.05, 4.69) is 5.32 Å². The second-order valence-corrected chi connectivity index (χ2v) is 6.03. The lowest BCUT2D eigenvalue weighted by Crippen LogP contribution is -2.42. The van der Waals surface area contributed by atoms with Gasteiger partial charge in [-0.15, -0.1) is 0 Å². The summed E-state index contributed by atoms with van der Waals surface area (Å²) in [5.41, 5.74) is 0.502. The molecule has 0 radical (unpaired) electrons. The van der Waals surface area contributed by atoms with E-state index in [1.807, 2.05) is 0 Å². The minimum atomic E-state index is -0.830. The summed E-state index contributed by atoms with van der Waals surface area (Å²) in [6.07, 6.45) is 4.19. The van der Waals surface area contributed by atoms with Crippen molar-refractivity contribution in [2.45, 2.75) is 38.1 Å². The van der Waals surface area contributed by atoms with Gasteiger partial charge in [-0.05, 0) is 37.1 Å². The molecule has 0 saturated heterocycles. The lowest BCUT2D eigenvalue weighted by atomic mass is 9.94. The number of amides is 1. The predicted octanol–water partition coefficient (Wildman–Crippen LogP) is 2.48. The summed E-state index contributed by atoms with van der Waals surface area (Å²) in [4.78, 5) is 23.8. The van der Waals surface area contributed by atoms with E-state index in [0.29, 0.717) is 37.4 Å². The van der Waals surface area contributed by atoms with Crippen molar-refractivity contribution in [3.05, 3.63) is 29.8 Å². The molecule has 1 aliphatic rings. The van der Waals surface area contributed by atoms with Crippen molar-refractivity contribution >= 4 is 11.9 Å². The topological polar surface area (TPSA) is 84.9 Å². The minimum absolute atomic E-state index is 0.239. The van der Waals surface area contributed by atoms with E-state index in [0.717, 1.165) is 19.3 Å². The number of rotatable bonds is 7. The highest BCUT2D eigenvalue weighted by Crippen LogP contribution is 2.24. The number of carboxylic acid groups (broad SMARTS) is 1. The monoisotopic (exact) mass is 335 g/mol. The Bertz CT molecular complexity index is 543. The van der Waals surface area contributed by atoms with Crippen molar-refractivity contribution in [1.82, 2.24) is 5.32 Å². The molecule has 0 heterocycles. The van der Waals surface area contributed by atoms with E-state index in [1.54, 1.807) is 31.4 Å². The fourth-order valence-corrected chi connectivity index (χ4v) is 2.97. The molecular formula is C18H25NO5. The molecule has 2 atom stereocenters. The average molecular weight is 335 g/mol. The Morgan fingerprint density at radius 2 is 1.83 bits per heavy atom. The van der Waals surface area contributed by atoms with E-state index in [-0.39, 0.29) is 11.9 Å². The number of hydrogen-bond acceptors (Lipinski definition) is 4. The Balaban J connectivity index is 1.96. The third kappa shape index (κ3) is 5.23. The third-order valence-corrected chi connectivity index (χ3v) is 4.32. The van der Waals surface area contributed by atoms with Crippen LogP contribution in [0.5, 0.6) is 5.75 Å². The van der Waals surface area contributed by atoms with Gasteiger partial charge in [0.25, 0.3) is 5.91 Å². The summed E-state index contributed by atoms with van der Waals surface area (Å²) in [5.74, 6) is -0.907. The first-order chi connectivity index (χ1) is 11.6. The first-order valence-corrected chi connectivity index (χ1v) is 8.37. The van der Waals surface area contributed by atoms with Gasteiger partial charge in [0.05, 0.1) is 12.5 Å². The van der Waals surface area contributed by atoms with Crippen molar-refractivity contribution in [3.63, 3.8) is 0 Å². The summed E-state index contributed by atoms with van der Waals surface area (Å²) >= 11 is 0. The molecule has 0 aliphatic heterocycles. The highest BCUT2D eigenvalue weighted by molar-refractivity contribution is 5.94. The van der Waals surface area contributed by atoms with Crippen molar-refractivity contribution in [1.29, 1.82) is 0 Å². The van der Waals surface area contributed by atoms with Gasteiger partial charge in [0.2, 0.25) is 0 Å². The van der Waals surface area contributed by atoms with E-state index in [9.17, 15) is 14.7 Å². The van der Waals surface area contributed by atoms with Crippen LogP contribution in [-0.2, 0) is 9.53 Å². The number of carbonyl (C=O) groups is 2. The predicted molar refractivity (Wildman–Crippen MR) is 89.3 cm³/mol. The van der Waals surface area contributed by atoms with Crippen LogP contribution in [-0.4, -0.2) is 43.3 Å². The maximum Gasteiger partial charge on any atom is 0.308 e. The Labute approximate surface area is 142 Å². The lowest BCUT2D eigenvalue weighted by molar-refractivity contribution is -0.142. The van der Waals surface area contributed by atoms with Crippen LogP contribution in [0.2, 0.25) is 0 Å². The zero-order valence-corrected chi connectivity index (χ0v) is 14.0. The first kappa shape index (κ1) is 18.3. The maximum atomic E-state index is 12.4. The molecule has 0 aromatic heterocycles. The Kier molecular flexibility index (Phi) is 7.06. The number of nitrogens with one attached hydrogen (secondary N) is 1. The molecule has 1 saturated carbocycles. The molecule has 6 nitrogen and oxygen atoms in total. The molecule has 132 valence electrons. The Morgan fingerprint density at radius 3 is 2.50 bits per heavy atom. The van der Waals surface area contributed by atoms with Gasteiger partial charge < -0.3 is 19.9 Å². The zero-order valence-electron chi connectivity index (χ0n) is 14.0. The molecule has 0 spiro atoms. The summed E-state index contributed by atoms with van der Waals surface area (Å²) in [6.45, 7) is 0.949. The Morgan fingerprint density at radius 1 is 1.12 bits per heavy atom. The van der Waals surface area contributed by atoms with Gasteiger partial charge in [-0.3, -0.25) is 9.59 Å². The van der Waals surface area contributed by atoms with E-state index in [1.165, 1.54) is 0 Å². The highest BCUT2D eigenvalue weighted by atomic mass is 16.5. The zero-order chi connectivity index (χ0) is 17.4. The maximum absolute atomic E-state index is 12.4. The first-order valence-electron chi connectivity index (χ1n) is 8.37. The molecular weight excluding hydrogens is 310 g/mol. The number of hydrogen-bond donors (Lipinski definition) is 2. The second kappa shape index (κ2) is 9.27. The van der Waals surface area contributed by atoms with Gasteiger partial charge in [0.1, 0.15) is 12.4 Å². The van der Waals surface area contributed by atoms with Crippen molar-refractivity contribution in [2.24, 2.45) is 5.92 Å². The van der Waals surface area contributed by atoms with Crippen molar-refractivity contribution < 1.29 is 24.2 Å². The lowest BCUT2D eigenvalue weighted by Gasteiger charge is -2.23. The molecule has 1 amide bonds. The van der Waals surface area contributed by atoms with Crippen LogP contribution in [0.3, 0.4) is 0 Å².